The van der Waals surface area contributed by atoms with Crippen LogP contribution < -0.4 is 22.5 Å². The fraction of sp³-hybridized carbons (Fsp3) is 0.438. The maximum absolute atomic E-state index is 12.2. The van der Waals surface area contributed by atoms with E-state index in [-0.39, 0.29) is 5.96 Å². The largest absolute Gasteiger partial charge is 0.467 e. The molecular weight excluding hydrogens is 310 g/mol. The zero-order valence-electron chi connectivity index (χ0n) is 13.8. The third-order valence-electron chi connectivity index (χ3n) is 3.39. The first-order valence-corrected chi connectivity index (χ1v) is 7.67. The van der Waals surface area contributed by atoms with E-state index in [1.54, 1.807) is 0 Å². The van der Waals surface area contributed by atoms with Crippen molar-refractivity contribution < 1.29 is 14.3 Å². The number of nitrogens with zero attached hydrogens (tertiary/aromatic N) is 1. The van der Waals surface area contributed by atoms with Crippen LogP contribution in [0.4, 0.5) is 0 Å². The first-order chi connectivity index (χ1) is 11.4. The smallest absolute Gasteiger partial charge is 0.328 e. The lowest BCUT2D eigenvalue weighted by molar-refractivity contribution is -0.145. The molecule has 1 aromatic carbocycles. The number of carbonyl (C=O) groups is 2. The van der Waals surface area contributed by atoms with Crippen molar-refractivity contribution in [2.75, 3.05) is 13.7 Å². The number of guanidine groups is 1. The Morgan fingerprint density at radius 1 is 1.25 bits per heavy atom. The molecular formula is C16H25N5O3. The lowest BCUT2D eigenvalue weighted by Gasteiger charge is -2.19. The van der Waals surface area contributed by atoms with Gasteiger partial charge in [-0.1, -0.05) is 30.3 Å². The normalized spacial score (nSPS) is 12.8. The summed E-state index contributed by atoms with van der Waals surface area (Å²) in [5.74, 6) is -0.924. The molecule has 2 atom stereocenters. The predicted octanol–water partition coefficient (Wildman–Crippen LogP) is -0.732. The van der Waals surface area contributed by atoms with Crippen LogP contribution in [0.2, 0.25) is 0 Å². The minimum atomic E-state index is -0.784. The Hall–Kier alpha value is -2.61. The number of aliphatic imine (C=N–C) groups is 1. The molecule has 1 rings (SSSR count). The molecule has 0 fully saturated rings. The van der Waals surface area contributed by atoms with Gasteiger partial charge in [0, 0.05) is 13.0 Å². The Balaban J connectivity index is 2.57. The molecule has 0 heterocycles. The van der Waals surface area contributed by atoms with E-state index >= 15 is 0 Å². The number of carbonyl (C=O) groups excluding carboxylic acids is 2. The van der Waals surface area contributed by atoms with E-state index in [4.69, 9.17) is 21.9 Å². The molecule has 0 radical (unpaired) electrons. The molecule has 24 heavy (non-hydrogen) atoms. The zero-order valence-corrected chi connectivity index (χ0v) is 13.8. The summed E-state index contributed by atoms with van der Waals surface area (Å²) in [6.45, 7) is 0.397. The summed E-state index contributed by atoms with van der Waals surface area (Å²) in [4.78, 5) is 27.9. The number of nitrogens with two attached hydrogens (primary N) is 3. The standard InChI is InChI=1S/C16H25N5O3/c1-24-15(23)13(10-11-6-3-2-4-7-11)21-14(22)12(17)8-5-9-20-16(18)19/h2-4,6-7,12-13H,5,8-10,17H2,1H3,(H,21,22)(H4,18,19,20)/t12-,13-/m0/s1. The Morgan fingerprint density at radius 2 is 1.92 bits per heavy atom. The Kier molecular flexibility index (Phi) is 8.28. The molecule has 0 saturated carbocycles. The lowest BCUT2D eigenvalue weighted by atomic mass is 10.0. The number of hydrogen-bond donors (Lipinski definition) is 4. The molecule has 1 amide bonds. The van der Waals surface area contributed by atoms with Crippen molar-refractivity contribution in [1.29, 1.82) is 0 Å². The second-order valence-corrected chi connectivity index (χ2v) is 5.33. The highest BCUT2D eigenvalue weighted by Gasteiger charge is 2.24. The molecule has 0 aromatic heterocycles. The molecule has 8 nitrogen and oxygen atoms in total. The number of rotatable bonds is 9. The molecule has 0 aliphatic carbocycles. The monoisotopic (exact) mass is 335 g/mol. The maximum atomic E-state index is 12.2. The third kappa shape index (κ3) is 7.10. The van der Waals surface area contributed by atoms with Crippen LogP contribution in [0.1, 0.15) is 18.4 Å². The van der Waals surface area contributed by atoms with Crippen LogP contribution >= 0.6 is 0 Å². The quantitative estimate of drug-likeness (QED) is 0.202. The minimum absolute atomic E-state index is 0.00152. The summed E-state index contributed by atoms with van der Waals surface area (Å²) >= 11 is 0. The van der Waals surface area contributed by atoms with Crippen LogP contribution in [0, 0.1) is 0 Å². The zero-order chi connectivity index (χ0) is 17.9. The number of ether oxygens (including phenoxy) is 1. The maximum Gasteiger partial charge on any atom is 0.328 e. The van der Waals surface area contributed by atoms with Gasteiger partial charge in [-0.15, -0.1) is 0 Å². The average Bonchev–Trinajstić information content (AvgIpc) is 2.57. The average molecular weight is 335 g/mol. The van der Waals surface area contributed by atoms with E-state index in [0.717, 1.165) is 5.56 Å². The van der Waals surface area contributed by atoms with Gasteiger partial charge < -0.3 is 27.3 Å². The van der Waals surface area contributed by atoms with Crippen LogP contribution in [0.5, 0.6) is 0 Å². The van der Waals surface area contributed by atoms with E-state index in [0.29, 0.717) is 25.8 Å². The molecule has 8 heteroatoms. The van der Waals surface area contributed by atoms with Crippen molar-refractivity contribution in [3.63, 3.8) is 0 Å². The first-order valence-electron chi connectivity index (χ1n) is 7.67. The molecule has 0 bridgehead atoms. The van der Waals surface area contributed by atoms with E-state index < -0.39 is 24.0 Å². The molecule has 0 aliphatic rings. The van der Waals surface area contributed by atoms with Crippen molar-refractivity contribution in [3.05, 3.63) is 35.9 Å². The highest BCUT2D eigenvalue weighted by atomic mass is 16.5. The topological polar surface area (TPSA) is 146 Å². The van der Waals surface area contributed by atoms with Gasteiger partial charge in [0.15, 0.2) is 5.96 Å². The number of benzene rings is 1. The summed E-state index contributed by atoms with van der Waals surface area (Å²) < 4.78 is 4.75. The van der Waals surface area contributed by atoms with Gasteiger partial charge in [0.1, 0.15) is 6.04 Å². The van der Waals surface area contributed by atoms with Crippen molar-refractivity contribution >= 4 is 17.8 Å². The number of amides is 1. The highest BCUT2D eigenvalue weighted by molar-refractivity contribution is 5.87. The molecule has 0 aliphatic heterocycles. The van der Waals surface area contributed by atoms with Crippen molar-refractivity contribution in [3.8, 4) is 0 Å². The molecule has 7 N–H and O–H groups in total. The summed E-state index contributed by atoms with van der Waals surface area (Å²) in [6, 6.07) is 7.81. The summed E-state index contributed by atoms with van der Waals surface area (Å²) in [7, 11) is 1.28. The fourth-order valence-electron chi connectivity index (χ4n) is 2.11. The van der Waals surface area contributed by atoms with Crippen LogP contribution in [-0.2, 0) is 20.7 Å². The molecule has 0 spiro atoms. The second kappa shape index (κ2) is 10.2. The molecule has 0 unspecified atom stereocenters. The molecule has 0 saturated heterocycles. The second-order valence-electron chi connectivity index (χ2n) is 5.33. The number of methoxy groups -OCH3 is 1. The molecule has 1 aromatic rings. The fourth-order valence-corrected chi connectivity index (χ4v) is 2.11. The highest BCUT2D eigenvalue weighted by Crippen LogP contribution is 2.05. The van der Waals surface area contributed by atoms with E-state index in [2.05, 4.69) is 10.3 Å². The van der Waals surface area contributed by atoms with Crippen molar-refractivity contribution in [1.82, 2.24) is 5.32 Å². The van der Waals surface area contributed by atoms with Crippen LogP contribution in [0.15, 0.2) is 35.3 Å². The minimum Gasteiger partial charge on any atom is -0.467 e. The van der Waals surface area contributed by atoms with Gasteiger partial charge in [0.05, 0.1) is 13.2 Å². The summed E-state index contributed by atoms with van der Waals surface area (Å²) in [6.07, 6.45) is 1.30. The van der Waals surface area contributed by atoms with Crippen LogP contribution in [-0.4, -0.2) is 43.6 Å². The number of nitrogens with one attached hydrogen (secondary N) is 1. The van der Waals surface area contributed by atoms with Crippen LogP contribution in [0.25, 0.3) is 0 Å². The van der Waals surface area contributed by atoms with Gasteiger partial charge in [-0.2, -0.15) is 0 Å². The van der Waals surface area contributed by atoms with Gasteiger partial charge in [0.25, 0.3) is 0 Å². The van der Waals surface area contributed by atoms with Gasteiger partial charge in [0.2, 0.25) is 5.91 Å². The third-order valence-corrected chi connectivity index (χ3v) is 3.39. The van der Waals surface area contributed by atoms with Crippen molar-refractivity contribution in [2.24, 2.45) is 22.2 Å². The summed E-state index contributed by atoms with van der Waals surface area (Å²) in [5, 5.41) is 2.64. The Bertz CT molecular complexity index is 558. The van der Waals surface area contributed by atoms with Gasteiger partial charge in [-0.3, -0.25) is 9.79 Å². The van der Waals surface area contributed by atoms with Crippen LogP contribution in [0.3, 0.4) is 0 Å². The van der Waals surface area contributed by atoms with Crippen molar-refractivity contribution in [2.45, 2.75) is 31.3 Å². The molecule has 132 valence electrons. The Morgan fingerprint density at radius 3 is 2.50 bits per heavy atom. The SMILES string of the molecule is COC(=O)[C@H](Cc1ccccc1)NC(=O)[C@@H](N)CCCN=C(N)N. The lowest BCUT2D eigenvalue weighted by Crippen LogP contribution is -2.49. The number of hydrogen-bond acceptors (Lipinski definition) is 5. The first kappa shape index (κ1) is 19.4. The van der Waals surface area contributed by atoms with E-state index in [1.807, 2.05) is 30.3 Å². The van der Waals surface area contributed by atoms with E-state index in [9.17, 15) is 9.59 Å². The van der Waals surface area contributed by atoms with Gasteiger partial charge >= 0.3 is 5.97 Å². The number of esters is 1. The van der Waals surface area contributed by atoms with E-state index in [1.165, 1.54) is 7.11 Å². The Labute approximate surface area is 141 Å². The van der Waals surface area contributed by atoms with Gasteiger partial charge in [-0.05, 0) is 18.4 Å². The van der Waals surface area contributed by atoms with Gasteiger partial charge in [-0.25, -0.2) is 4.79 Å². The summed E-state index contributed by atoms with van der Waals surface area (Å²) in [5.41, 5.74) is 17.2. The predicted molar refractivity (Wildman–Crippen MR) is 92.0 cm³/mol.